The topological polar surface area (TPSA) is 35.2 Å². The lowest BCUT2D eigenvalue weighted by atomic mass is 9.96. The predicted octanol–water partition coefficient (Wildman–Crippen LogP) is 4.08. The summed E-state index contributed by atoms with van der Waals surface area (Å²) in [6.45, 7) is 2.00. The summed E-state index contributed by atoms with van der Waals surface area (Å²) in [5, 5.41) is 0.750. The molecular weight excluding hydrogens is 246 g/mol. The van der Waals surface area contributed by atoms with E-state index < -0.39 is 0 Å². The van der Waals surface area contributed by atoms with E-state index >= 15 is 0 Å². The second-order valence-electron chi connectivity index (χ2n) is 5.23. The molecule has 0 radical (unpaired) electrons. The number of rotatable bonds is 4. The molecule has 0 aliphatic heterocycles. The van der Waals surface area contributed by atoms with Gasteiger partial charge in [-0.25, -0.2) is 0 Å². The van der Waals surface area contributed by atoms with Gasteiger partial charge in [0.05, 0.1) is 12.2 Å². The SMILES string of the molecule is CC(N)C(OC1CCCCC1)c1ccc(Cl)cc1. The van der Waals surface area contributed by atoms with Crippen LogP contribution in [0.25, 0.3) is 0 Å². The van der Waals surface area contributed by atoms with Crippen molar-refractivity contribution in [3.63, 3.8) is 0 Å². The van der Waals surface area contributed by atoms with E-state index in [1.807, 2.05) is 31.2 Å². The third-order valence-corrected chi connectivity index (χ3v) is 3.82. The summed E-state index contributed by atoms with van der Waals surface area (Å²) >= 11 is 5.92. The fourth-order valence-electron chi connectivity index (χ4n) is 2.57. The Balaban J connectivity index is 2.05. The van der Waals surface area contributed by atoms with Crippen molar-refractivity contribution in [3.05, 3.63) is 34.9 Å². The molecule has 0 bridgehead atoms. The number of halogens is 1. The molecule has 2 rings (SSSR count). The number of ether oxygens (including phenoxy) is 1. The highest BCUT2D eigenvalue weighted by atomic mass is 35.5. The van der Waals surface area contributed by atoms with E-state index in [2.05, 4.69) is 0 Å². The molecule has 1 aromatic rings. The summed E-state index contributed by atoms with van der Waals surface area (Å²) in [5.41, 5.74) is 7.19. The molecule has 100 valence electrons. The molecule has 0 amide bonds. The summed E-state index contributed by atoms with van der Waals surface area (Å²) < 4.78 is 6.21. The van der Waals surface area contributed by atoms with Crippen LogP contribution in [-0.2, 0) is 4.74 Å². The Morgan fingerprint density at radius 3 is 2.33 bits per heavy atom. The normalized spacial score (nSPS) is 20.6. The zero-order valence-corrected chi connectivity index (χ0v) is 11.7. The number of benzene rings is 1. The van der Waals surface area contributed by atoms with Crippen LogP contribution in [0.5, 0.6) is 0 Å². The highest BCUT2D eigenvalue weighted by Crippen LogP contribution is 2.29. The molecule has 2 N–H and O–H groups in total. The minimum absolute atomic E-state index is 0.00639. The van der Waals surface area contributed by atoms with Crippen LogP contribution in [-0.4, -0.2) is 12.1 Å². The van der Waals surface area contributed by atoms with Gasteiger partial charge in [-0.2, -0.15) is 0 Å². The quantitative estimate of drug-likeness (QED) is 0.892. The monoisotopic (exact) mass is 267 g/mol. The lowest BCUT2D eigenvalue weighted by molar-refractivity contribution is -0.0406. The molecule has 2 nitrogen and oxygen atoms in total. The van der Waals surface area contributed by atoms with E-state index in [1.165, 1.54) is 19.3 Å². The number of hydrogen-bond acceptors (Lipinski definition) is 2. The molecule has 0 spiro atoms. The summed E-state index contributed by atoms with van der Waals surface area (Å²) in [5.74, 6) is 0. The minimum atomic E-state index is -0.0228. The first-order chi connectivity index (χ1) is 8.66. The van der Waals surface area contributed by atoms with E-state index in [1.54, 1.807) is 0 Å². The zero-order chi connectivity index (χ0) is 13.0. The predicted molar refractivity (Wildman–Crippen MR) is 75.8 cm³/mol. The first-order valence-electron chi connectivity index (χ1n) is 6.83. The molecule has 0 aromatic heterocycles. The molecule has 18 heavy (non-hydrogen) atoms. The maximum atomic E-state index is 6.21. The van der Waals surface area contributed by atoms with Crippen LogP contribution in [0.15, 0.2) is 24.3 Å². The van der Waals surface area contributed by atoms with Crippen molar-refractivity contribution in [1.82, 2.24) is 0 Å². The summed E-state index contributed by atoms with van der Waals surface area (Å²) in [6, 6.07) is 7.82. The van der Waals surface area contributed by atoms with E-state index in [0.717, 1.165) is 23.4 Å². The van der Waals surface area contributed by atoms with Crippen molar-refractivity contribution < 1.29 is 4.74 Å². The average molecular weight is 268 g/mol. The third-order valence-electron chi connectivity index (χ3n) is 3.57. The maximum absolute atomic E-state index is 6.21. The highest BCUT2D eigenvalue weighted by Gasteiger charge is 2.23. The standard InChI is InChI=1S/C15H22ClNO/c1-11(17)15(12-7-9-13(16)10-8-12)18-14-5-3-2-4-6-14/h7-11,14-15H,2-6,17H2,1H3. The van der Waals surface area contributed by atoms with Crippen LogP contribution in [0.2, 0.25) is 5.02 Å². The van der Waals surface area contributed by atoms with E-state index in [9.17, 15) is 0 Å². The lowest BCUT2D eigenvalue weighted by Crippen LogP contribution is -2.31. The van der Waals surface area contributed by atoms with Gasteiger partial charge in [0.2, 0.25) is 0 Å². The summed E-state index contributed by atoms with van der Waals surface area (Å²) in [7, 11) is 0. The third kappa shape index (κ3) is 3.71. The fraction of sp³-hybridized carbons (Fsp3) is 0.600. The Morgan fingerprint density at radius 1 is 1.17 bits per heavy atom. The molecule has 2 unspecified atom stereocenters. The van der Waals surface area contributed by atoms with Crippen LogP contribution in [0.4, 0.5) is 0 Å². The largest absolute Gasteiger partial charge is 0.369 e. The van der Waals surface area contributed by atoms with Crippen LogP contribution in [0.1, 0.15) is 50.7 Å². The molecular formula is C15H22ClNO. The van der Waals surface area contributed by atoms with Gasteiger partial charge < -0.3 is 10.5 Å². The Labute approximate surface area is 114 Å². The molecule has 0 heterocycles. The molecule has 3 heteroatoms. The minimum Gasteiger partial charge on any atom is -0.369 e. The molecule has 0 saturated heterocycles. The maximum Gasteiger partial charge on any atom is 0.0976 e. The van der Waals surface area contributed by atoms with Crippen molar-refractivity contribution in [2.24, 2.45) is 5.73 Å². The molecule has 1 aliphatic rings. The van der Waals surface area contributed by atoms with Crippen LogP contribution in [0.3, 0.4) is 0 Å². The average Bonchev–Trinajstić information content (AvgIpc) is 2.38. The second-order valence-corrected chi connectivity index (χ2v) is 5.66. The second kappa shape index (κ2) is 6.55. The van der Waals surface area contributed by atoms with Crippen molar-refractivity contribution >= 4 is 11.6 Å². The Hall–Kier alpha value is -0.570. The molecule has 1 aromatic carbocycles. The zero-order valence-electron chi connectivity index (χ0n) is 10.9. The van der Waals surface area contributed by atoms with Gasteiger partial charge in [-0.3, -0.25) is 0 Å². The van der Waals surface area contributed by atoms with E-state index in [4.69, 9.17) is 22.1 Å². The first-order valence-corrected chi connectivity index (χ1v) is 7.21. The first kappa shape index (κ1) is 13.9. The highest BCUT2D eigenvalue weighted by molar-refractivity contribution is 6.30. The fourth-order valence-corrected chi connectivity index (χ4v) is 2.69. The van der Waals surface area contributed by atoms with Gasteiger partial charge in [0, 0.05) is 11.1 Å². The van der Waals surface area contributed by atoms with Crippen LogP contribution in [0, 0.1) is 0 Å². The molecule has 2 atom stereocenters. The molecule has 1 fully saturated rings. The van der Waals surface area contributed by atoms with Crippen molar-refractivity contribution in [2.45, 2.75) is 57.3 Å². The smallest absolute Gasteiger partial charge is 0.0976 e. The van der Waals surface area contributed by atoms with Gasteiger partial charge in [-0.05, 0) is 37.5 Å². The number of nitrogens with two attached hydrogens (primary N) is 1. The van der Waals surface area contributed by atoms with Gasteiger partial charge in [0.15, 0.2) is 0 Å². The Bertz CT molecular complexity index is 357. The van der Waals surface area contributed by atoms with E-state index in [0.29, 0.717) is 6.10 Å². The van der Waals surface area contributed by atoms with Gasteiger partial charge in [-0.15, -0.1) is 0 Å². The van der Waals surface area contributed by atoms with Crippen molar-refractivity contribution in [1.29, 1.82) is 0 Å². The van der Waals surface area contributed by atoms with E-state index in [-0.39, 0.29) is 12.1 Å². The molecule has 1 saturated carbocycles. The summed E-state index contributed by atoms with van der Waals surface area (Å²) in [4.78, 5) is 0. The van der Waals surface area contributed by atoms with Crippen LogP contribution < -0.4 is 5.73 Å². The lowest BCUT2D eigenvalue weighted by Gasteiger charge is -2.30. The van der Waals surface area contributed by atoms with Gasteiger partial charge in [-0.1, -0.05) is 43.0 Å². The Morgan fingerprint density at radius 2 is 1.78 bits per heavy atom. The van der Waals surface area contributed by atoms with Gasteiger partial charge in [0.1, 0.15) is 0 Å². The van der Waals surface area contributed by atoms with Crippen molar-refractivity contribution in [2.75, 3.05) is 0 Å². The van der Waals surface area contributed by atoms with Crippen LogP contribution >= 0.6 is 11.6 Å². The van der Waals surface area contributed by atoms with Crippen molar-refractivity contribution in [3.8, 4) is 0 Å². The summed E-state index contributed by atoms with van der Waals surface area (Å²) in [6.07, 6.45) is 6.56. The van der Waals surface area contributed by atoms with Gasteiger partial charge in [0.25, 0.3) is 0 Å². The Kier molecular flexibility index (Phi) is 5.04. The number of hydrogen-bond donors (Lipinski definition) is 1. The molecule has 1 aliphatic carbocycles. The van der Waals surface area contributed by atoms with Gasteiger partial charge >= 0.3 is 0 Å².